The number of halogens is 1. The van der Waals surface area contributed by atoms with Crippen molar-refractivity contribution in [3.63, 3.8) is 0 Å². The molecule has 2 amide bonds. The van der Waals surface area contributed by atoms with Crippen LogP contribution in [0, 0.1) is 5.82 Å². The Kier molecular flexibility index (Phi) is 7.28. The molecule has 0 spiro atoms. The summed E-state index contributed by atoms with van der Waals surface area (Å²) < 4.78 is 13.6. The summed E-state index contributed by atoms with van der Waals surface area (Å²) in [5.41, 5.74) is 4.53. The number of thiophene rings is 1. The van der Waals surface area contributed by atoms with Crippen molar-refractivity contribution >= 4 is 23.2 Å². The summed E-state index contributed by atoms with van der Waals surface area (Å²) in [6, 6.07) is 25.4. The molecule has 0 radical (unpaired) electrons. The number of carbonyl (C=O) groups is 2. The van der Waals surface area contributed by atoms with E-state index < -0.39 is 0 Å². The lowest BCUT2D eigenvalue weighted by Gasteiger charge is -2.37. The molecule has 0 saturated carbocycles. The Morgan fingerprint density at radius 1 is 0.973 bits per heavy atom. The molecule has 37 heavy (non-hydrogen) atoms. The van der Waals surface area contributed by atoms with Gasteiger partial charge in [-0.25, -0.2) is 4.39 Å². The first-order chi connectivity index (χ1) is 18.0. The molecule has 1 unspecified atom stereocenters. The summed E-state index contributed by atoms with van der Waals surface area (Å²) in [6.45, 7) is 4.52. The molecule has 1 atom stereocenters. The van der Waals surface area contributed by atoms with Crippen molar-refractivity contribution in [2.75, 3.05) is 19.6 Å². The summed E-state index contributed by atoms with van der Waals surface area (Å²) in [7, 11) is 0. The Bertz CT molecular complexity index is 1400. The SMILES string of the molecule is C=CCN(CC(=O)N1CCc2sccc2C1c1ccc(F)cc1)C(=O)c1ccc(-c2ccccc2)cc1. The Hall–Kier alpha value is -4.03. The molecule has 3 aromatic carbocycles. The molecule has 2 heterocycles. The van der Waals surface area contributed by atoms with Gasteiger partial charge < -0.3 is 9.80 Å². The highest BCUT2D eigenvalue weighted by Gasteiger charge is 2.34. The molecule has 4 nitrogen and oxygen atoms in total. The quantitative estimate of drug-likeness (QED) is 0.272. The van der Waals surface area contributed by atoms with Crippen LogP contribution < -0.4 is 0 Å². The molecule has 0 fully saturated rings. The fourth-order valence-corrected chi connectivity index (χ4v) is 5.74. The summed E-state index contributed by atoms with van der Waals surface area (Å²) in [5, 5.41) is 2.03. The van der Waals surface area contributed by atoms with Crippen molar-refractivity contribution < 1.29 is 14.0 Å². The van der Waals surface area contributed by atoms with E-state index in [-0.39, 0.29) is 36.8 Å². The third kappa shape index (κ3) is 5.25. The van der Waals surface area contributed by atoms with E-state index in [0.29, 0.717) is 12.1 Å². The van der Waals surface area contributed by atoms with Crippen LogP contribution in [-0.4, -0.2) is 41.2 Å². The Balaban J connectivity index is 1.37. The maximum absolute atomic E-state index is 13.7. The third-order valence-electron chi connectivity index (χ3n) is 6.67. The minimum atomic E-state index is -0.316. The van der Waals surface area contributed by atoms with Crippen LogP contribution in [0.2, 0.25) is 0 Å². The van der Waals surface area contributed by atoms with Crippen LogP contribution in [0.15, 0.2) is 103 Å². The van der Waals surface area contributed by atoms with Crippen LogP contribution in [0.5, 0.6) is 0 Å². The standard InChI is InChI=1S/C31H27FN2O2S/c1-2-18-33(31(36)25-10-8-23(9-11-25)22-6-4-3-5-7-22)21-29(35)34-19-16-28-27(17-20-37-28)30(34)24-12-14-26(32)15-13-24/h2-15,17,20,30H,1,16,18-19,21H2. The molecule has 0 N–H and O–H groups in total. The van der Waals surface area contributed by atoms with Gasteiger partial charge in [0.05, 0.1) is 6.04 Å². The van der Waals surface area contributed by atoms with E-state index in [1.165, 1.54) is 21.9 Å². The Morgan fingerprint density at radius 2 is 1.68 bits per heavy atom. The first-order valence-electron chi connectivity index (χ1n) is 12.2. The van der Waals surface area contributed by atoms with Gasteiger partial charge in [0.25, 0.3) is 5.91 Å². The van der Waals surface area contributed by atoms with Gasteiger partial charge in [-0.15, -0.1) is 17.9 Å². The Labute approximate surface area is 220 Å². The number of benzene rings is 3. The highest BCUT2D eigenvalue weighted by molar-refractivity contribution is 7.10. The van der Waals surface area contributed by atoms with Crippen LogP contribution in [0.25, 0.3) is 11.1 Å². The van der Waals surface area contributed by atoms with Crippen molar-refractivity contribution in [3.05, 3.63) is 130 Å². The van der Waals surface area contributed by atoms with E-state index in [4.69, 9.17) is 0 Å². The van der Waals surface area contributed by atoms with Crippen LogP contribution >= 0.6 is 11.3 Å². The smallest absolute Gasteiger partial charge is 0.254 e. The second kappa shape index (κ2) is 10.9. The maximum Gasteiger partial charge on any atom is 0.254 e. The van der Waals surface area contributed by atoms with Crippen molar-refractivity contribution in [3.8, 4) is 11.1 Å². The molecule has 0 saturated heterocycles. The normalized spacial score (nSPS) is 14.6. The topological polar surface area (TPSA) is 40.6 Å². The molecule has 5 rings (SSSR count). The lowest BCUT2D eigenvalue weighted by molar-refractivity contribution is -0.133. The summed E-state index contributed by atoms with van der Waals surface area (Å²) >= 11 is 1.67. The average molecular weight is 511 g/mol. The molecule has 4 aromatic rings. The lowest BCUT2D eigenvalue weighted by atomic mass is 9.93. The van der Waals surface area contributed by atoms with E-state index in [1.807, 2.05) is 58.8 Å². The average Bonchev–Trinajstić information content (AvgIpc) is 3.42. The minimum Gasteiger partial charge on any atom is -0.330 e. The number of carbonyl (C=O) groups excluding carboxylic acids is 2. The zero-order valence-electron chi connectivity index (χ0n) is 20.3. The van der Waals surface area contributed by atoms with Gasteiger partial charge in [-0.05, 0) is 64.4 Å². The van der Waals surface area contributed by atoms with Crippen molar-refractivity contribution in [1.29, 1.82) is 0 Å². The number of fused-ring (bicyclic) bond motifs is 1. The fourth-order valence-electron chi connectivity index (χ4n) is 4.84. The minimum absolute atomic E-state index is 0.0670. The molecule has 186 valence electrons. The van der Waals surface area contributed by atoms with Gasteiger partial charge in [0.15, 0.2) is 0 Å². The third-order valence-corrected chi connectivity index (χ3v) is 7.67. The first-order valence-corrected chi connectivity index (χ1v) is 13.1. The zero-order chi connectivity index (χ0) is 25.8. The van der Waals surface area contributed by atoms with Crippen LogP contribution in [0.3, 0.4) is 0 Å². The van der Waals surface area contributed by atoms with Gasteiger partial charge in [-0.1, -0.05) is 60.7 Å². The number of nitrogens with zero attached hydrogens (tertiary/aromatic N) is 2. The second-order valence-corrected chi connectivity index (χ2v) is 10.0. The highest BCUT2D eigenvalue weighted by Crippen LogP contribution is 2.38. The monoisotopic (exact) mass is 510 g/mol. The molecule has 0 aliphatic carbocycles. The molecule has 1 aromatic heterocycles. The zero-order valence-corrected chi connectivity index (χ0v) is 21.2. The van der Waals surface area contributed by atoms with Crippen LogP contribution in [0.4, 0.5) is 4.39 Å². The van der Waals surface area contributed by atoms with Gasteiger partial charge in [0.2, 0.25) is 5.91 Å². The van der Waals surface area contributed by atoms with Crippen molar-refractivity contribution in [2.24, 2.45) is 0 Å². The van der Waals surface area contributed by atoms with Gasteiger partial charge in [-0.3, -0.25) is 9.59 Å². The van der Waals surface area contributed by atoms with Gasteiger partial charge in [-0.2, -0.15) is 0 Å². The lowest BCUT2D eigenvalue weighted by Crippen LogP contribution is -2.46. The predicted molar refractivity (Wildman–Crippen MR) is 146 cm³/mol. The van der Waals surface area contributed by atoms with Crippen LogP contribution in [-0.2, 0) is 11.2 Å². The molecular formula is C31H27FN2O2S. The number of hydrogen-bond donors (Lipinski definition) is 0. The second-order valence-electron chi connectivity index (χ2n) is 9.01. The number of hydrogen-bond acceptors (Lipinski definition) is 3. The molecule has 6 heteroatoms. The molecule has 1 aliphatic heterocycles. The van der Waals surface area contributed by atoms with Gasteiger partial charge in [0.1, 0.15) is 12.4 Å². The van der Waals surface area contributed by atoms with Crippen LogP contribution in [0.1, 0.15) is 32.4 Å². The maximum atomic E-state index is 13.7. The van der Waals surface area contributed by atoms with E-state index in [2.05, 4.69) is 6.58 Å². The molecule has 1 aliphatic rings. The first kappa shape index (κ1) is 24.7. The number of amides is 2. The van der Waals surface area contributed by atoms with Gasteiger partial charge >= 0.3 is 0 Å². The van der Waals surface area contributed by atoms with E-state index in [1.54, 1.807) is 41.7 Å². The number of rotatable bonds is 7. The predicted octanol–water partition coefficient (Wildman–Crippen LogP) is 6.36. The fraction of sp³-hybridized carbons (Fsp3) is 0.161. The van der Waals surface area contributed by atoms with E-state index in [0.717, 1.165) is 28.7 Å². The summed E-state index contributed by atoms with van der Waals surface area (Å²) in [4.78, 5) is 31.6. The van der Waals surface area contributed by atoms with Crippen molar-refractivity contribution in [1.82, 2.24) is 9.80 Å². The van der Waals surface area contributed by atoms with E-state index >= 15 is 0 Å². The summed E-state index contributed by atoms with van der Waals surface area (Å²) in [5.74, 6) is -0.689. The largest absolute Gasteiger partial charge is 0.330 e. The van der Waals surface area contributed by atoms with Gasteiger partial charge in [0, 0.05) is 23.5 Å². The molecule has 0 bridgehead atoms. The highest BCUT2D eigenvalue weighted by atomic mass is 32.1. The molecular weight excluding hydrogens is 483 g/mol. The van der Waals surface area contributed by atoms with Crippen molar-refractivity contribution in [2.45, 2.75) is 12.5 Å². The van der Waals surface area contributed by atoms with E-state index in [9.17, 15) is 14.0 Å². The summed E-state index contributed by atoms with van der Waals surface area (Å²) in [6.07, 6.45) is 2.39. The Morgan fingerprint density at radius 3 is 2.38 bits per heavy atom.